The molecule has 2 saturated heterocycles. The fourth-order valence-electron chi connectivity index (χ4n) is 7.47. The molecule has 2 aliphatic rings. The molecule has 55 heavy (non-hydrogen) atoms. The number of phenols is 1. The van der Waals surface area contributed by atoms with Crippen molar-refractivity contribution in [3.63, 3.8) is 0 Å². The van der Waals surface area contributed by atoms with Crippen LogP contribution in [-0.2, 0) is 41.6 Å². The Hall–Kier alpha value is -4.63. The quantitative estimate of drug-likeness (QED) is 0.121. The van der Waals surface area contributed by atoms with Gasteiger partial charge in [0.1, 0.15) is 23.6 Å². The third-order valence-electron chi connectivity index (χ3n) is 10.9. The maximum Gasteiger partial charge on any atom is 0.246 e. The number of hydrogen-bond donors (Lipinski definition) is 6. The number of H-pyrrole nitrogens is 1. The van der Waals surface area contributed by atoms with E-state index in [4.69, 9.17) is 0 Å². The van der Waals surface area contributed by atoms with E-state index in [0.717, 1.165) is 5.56 Å². The lowest BCUT2D eigenvalue weighted by atomic mass is 9.90. The molecule has 3 heterocycles. The number of hydrogen-bond acceptors (Lipinski definition) is 10. The number of likely N-dealkylation sites (tertiary alicyclic amines) is 2. The number of imidazole rings is 1. The number of nitrogens with zero attached hydrogens (tertiary/aromatic N) is 3. The minimum absolute atomic E-state index is 0.107. The first kappa shape index (κ1) is 43.1. The van der Waals surface area contributed by atoms with Crippen molar-refractivity contribution < 1.29 is 44.1 Å². The number of aliphatic hydroxyl groups is 2. The van der Waals surface area contributed by atoms with Crippen LogP contribution in [0.5, 0.6) is 5.75 Å². The highest BCUT2D eigenvalue weighted by Crippen LogP contribution is 2.27. The number of nitrogens with one attached hydrogen (secondary N) is 3. The zero-order valence-corrected chi connectivity index (χ0v) is 32.6. The highest BCUT2D eigenvalue weighted by atomic mass is 16.3. The Labute approximate surface area is 322 Å². The number of aliphatic hydroxyl groups excluding tert-OH is 2. The number of phenolic OH excluding ortho intramolecular Hbond substituents is 1. The Balaban J connectivity index is 1.45. The molecule has 0 spiro atoms. The zero-order valence-electron chi connectivity index (χ0n) is 32.6. The number of aromatic nitrogens is 2. The molecule has 15 nitrogen and oxygen atoms in total. The minimum atomic E-state index is -1.07. The summed E-state index contributed by atoms with van der Waals surface area (Å²) in [6.45, 7) is 8.52. The Morgan fingerprint density at radius 1 is 0.855 bits per heavy atom. The van der Waals surface area contributed by atoms with E-state index in [1.807, 2.05) is 6.92 Å². The highest BCUT2D eigenvalue weighted by molar-refractivity contribution is 5.96. The molecule has 2 aromatic rings. The number of aromatic hydroxyl groups is 1. The number of carbonyl (C=O) groups is 6. The summed E-state index contributed by atoms with van der Waals surface area (Å²) in [6, 6.07) is 3.96. The molecule has 4 rings (SSSR count). The first-order valence-corrected chi connectivity index (χ1v) is 19.4. The second kappa shape index (κ2) is 19.8. The summed E-state index contributed by atoms with van der Waals surface area (Å²) in [6.07, 6.45) is 4.20. The lowest BCUT2D eigenvalue weighted by Crippen LogP contribution is -2.56. The van der Waals surface area contributed by atoms with Gasteiger partial charge in [-0.3, -0.25) is 28.8 Å². The zero-order chi connectivity index (χ0) is 40.4. The van der Waals surface area contributed by atoms with E-state index in [1.54, 1.807) is 51.2 Å². The molecule has 0 aliphatic carbocycles. The number of Topliss-reactive ketones (excluding diaryl/α,β-unsaturated/α-hetero) is 2. The van der Waals surface area contributed by atoms with E-state index < -0.39 is 60.4 Å². The third kappa shape index (κ3) is 11.4. The maximum atomic E-state index is 14.1. The molecule has 2 aliphatic heterocycles. The number of ketones is 2. The summed E-state index contributed by atoms with van der Waals surface area (Å²) in [5.41, 5.74) is 1.54. The largest absolute Gasteiger partial charge is 0.508 e. The van der Waals surface area contributed by atoms with Crippen LogP contribution >= 0.6 is 0 Å². The van der Waals surface area contributed by atoms with Crippen molar-refractivity contribution >= 4 is 35.2 Å². The molecule has 15 heteroatoms. The van der Waals surface area contributed by atoms with E-state index in [-0.39, 0.29) is 66.9 Å². The van der Waals surface area contributed by atoms with E-state index in [9.17, 15) is 44.1 Å². The molecule has 302 valence electrons. The van der Waals surface area contributed by atoms with Gasteiger partial charge in [-0.1, -0.05) is 32.9 Å². The lowest BCUT2D eigenvalue weighted by molar-refractivity contribution is -0.145. The molecule has 1 aromatic carbocycles. The van der Waals surface area contributed by atoms with Gasteiger partial charge < -0.3 is 40.7 Å². The topological polar surface area (TPSA) is 222 Å². The van der Waals surface area contributed by atoms with Gasteiger partial charge in [-0.15, -0.1) is 0 Å². The van der Waals surface area contributed by atoms with Crippen LogP contribution in [0, 0.1) is 23.7 Å². The van der Waals surface area contributed by atoms with Gasteiger partial charge in [0.25, 0.3) is 0 Å². The first-order valence-electron chi connectivity index (χ1n) is 19.4. The standard InChI is InChI=1S/C40H58N6O9/c1-23(2)36(40(55)46-15-7-9-33(46)38(53)43-24(3)16-27-10-12-31(49)13-11-27)44-37(52)28(17-30-20-41-22-42-30)18-35(51)32-8-6-14-45(32)39(54)29(21-47)19-34(50)25(4)26(5)48/h10-13,20,22-26,28-29,32-33,36,47-49H,6-9,14-19,21H2,1-5H3,(H,41,42)(H,43,53)(H,44,52)/t24-,25+,26?,28-,29+,32+,33+,36+/m1/s1. The summed E-state index contributed by atoms with van der Waals surface area (Å²) in [7, 11) is 0. The van der Waals surface area contributed by atoms with Gasteiger partial charge in [-0.25, -0.2) is 4.98 Å². The molecule has 0 saturated carbocycles. The van der Waals surface area contributed by atoms with E-state index >= 15 is 0 Å². The Bertz CT molecular complexity index is 1630. The fraction of sp³-hybridized carbons (Fsp3) is 0.625. The lowest BCUT2D eigenvalue weighted by Gasteiger charge is -2.32. The number of aromatic amines is 1. The fourth-order valence-corrected chi connectivity index (χ4v) is 7.47. The molecule has 1 aromatic heterocycles. The SMILES string of the molecule is CC(O)[C@H](C)C(=O)C[C@@H](CO)C(=O)N1CCC[C@H]1C(=O)C[C@@H](Cc1cnc[nH]1)C(=O)N[C@H](C(=O)N1CCC[C@H]1C(=O)N[C@H](C)Cc1ccc(O)cc1)C(C)C. The van der Waals surface area contributed by atoms with Crippen molar-refractivity contribution in [1.29, 1.82) is 0 Å². The molecule has 0 bridgehead atoms. The van der Waals surface area contributed by atoms with Crippen molar-refractivity contribution in [3.8, 4) is 5.75 Å². The van der Waals surface area contributed by atoms with E-state index in [0.29, 0.717) is 44.3 Å². The van der Waals surface area contributed by atoms with Crippen molar-refractivity contribution in [3.05, 3.63) is 48.0 Å². The highest BCUT2D eigenvalue weighted by Gasteiger charge is 2.42. The van der Waals surface area contributed by atoms with Crippen molar-refractivity contribution in [2.45, 2.75) is 116 Å². The Morgan fingerprint density at radius 2 is 1.49 bits per heavy atom. The van der Waals surface area contributed by atoms with Crippen LogP contribution in [0.1, 0.15) is 84.4 Å². The minimum Gasteiger partial charge on any atom is -0.508 e. The van der Waals surface area contributed by atoms with Gasteiger partial charge in [0.15, 0.2) is 5.78 Å². The molecule has 8 atom stereocenters. The Kier molecular flexibility index (Phi) is 15.5. The average Bonchev–Trinajstić information content (AvgIpc) is 3.95. The van der Waals surface area contributed by atoms with Crippen molar-refractivity contribution in [1.82, 2.24) is 30.4 Å². The van der Waals surface area contributed by atoms with Gasteiger partial charge >= 0.3 is 0 Å². The van der Waals surface area contributed by atoms with E-state index in [2.05, 4.69) is 20.6 Å². The summed E-state index contributed by atoms with van der Waals surface area (Å²) in [5.74, 6) is -5.36. The van der Waals surface area contributed by atoms with Gasteiger partial charge in [-0.05, 0) is 69.6 Å². The summed E-state index contributed by atoms with van der Waals surface area (Å²) >= 11 is 0. The predicted octanol–water partition coefficient (Wildman–Crippen LogP) is 1.69. The second-order valence-corrected chi connectivity index (χ2v) is 15.6. The van der Waals surface area contributed by atoms with Gasteiger partial charge in [-0.2, -0.15) is 0 Å². The molecule has 1 unspecified atom stereocenters. The van der Waals surface area contributed by atoms with Gasteiger partial charge in [0.05, 0.1) is 36.9 Å². The summed E-state index contributed by atoms with van der Waals surface area (Å²) in [4.78, 5) is 91.8. The van der Waals surface area contributed by atoms with Crippen molar-refractivity contribution in [2.75, 3.05) is 19.7 Å². The van der Waals surface area contributed by atoms with Crippen LogP contribution in [0.2, 0.25) is 0 Å². The molecule has 2 fully saturated rings. The molecular weight excluding hydrogens is 708 g/mol. The molecular formula is C40H58N6O9. The molecule has 4 amide bonds. The van der Waals surface area contributed by atoms with Crippen LogP contribution in [0.15, 0.2) is 36.8 Å². The van der Waals surface area contributed by atoms with E-state index in [1.165, 1.54) is 23.1 Å². The van der Waals surface area contributed by atoms with Crippen LogP contribution in [0.4, 0.5) is 0 Å². The molecule has 0 radical (unpaired) electrons. The third-order valence-corrected chi connectivity index (χ3v) is 10.9. The monoisotopic (exact) mass is 766 g/mol. The number of amides is 4. The van der Waals surface area contributed by atoms with Gasteiger partial charge in [0, 0.05) is 56.2 Å². The van der Waals surface area contributed by atoms with Crippen LogP contribution in [-0.4, -0.2) is 120 Å². The number of carbonyl (C=O) groups excluding carboxylic acids is 6. The Morgan fingerprint density at radius 3 is 2.07 bits per heavy atom. The first-order chi connectivity index (χ1) is 26.1. The average molecular weight is 767 g/mol. The van der Waals surface area contributed by atoms with Crippen LogP contribution in [0.3, 0.4) is 0 Å². The predicted molar refractivity (Wildman–Crippen MR) is 202 cm³/mol. The van der Waals surface area contributed by atoms with Gasteiger partial charge in [0.2, 0.25) is 23.6 Å². The molecule has 6 N–H and O–H groups in total. The van der Waals surface area contributed by atoms with Crippen LogP contribution < -0.4 is 10.6 Å². The number of benzene rings is 1. The van der Waals surface area contributed by atoms with Crippen LogP contribution in [0.25, 0.3) is 0 Å². The smallest absolute Gasteiger partial charge is 0.246 e. The maximum absolute atomic E-state index is 14.1. The normalized spacial score (nSPS) is 20.4. The van der Waals surface area contributed by atoms with Crippen molar-refractivity contribution in [2.24, 2.45) is 23.7 Å². The summed E-state index contributed by atoms with van der Waals surface area (Å²) < 4.78 is 0. The second-order valence-electron chi connectivity index (χ2n) is 15.6. The number of rotatable bonds is 19. The summed E-state index contributed by atoms with van der Waals surface area (Å²) in [5, 5.41) is 35.4.